The van der Waals surface area contributed by atoms with Gasteiger partial charge in [-0.2, -0.15) is 5.26 Å². The van der Waals surface area contributed by atoms with Gasteiger partial charge in [-0.15, -0.1) is 0 Å². The fraction of sp³-hybridized carbons (Fsp3) is 0.360. The maximum Gasteiger partial charge on any atom is 0.237 e. The van der Waals surface area contributed by atoms with Crippen LogP contribution in [-0.4, -0.2) is 66.2 Å². The lowest BCUT2D eigenvalue weighted by Crippen LogP contribution is -2.49. The standard InChI is InChI=1S/C25H28N8O/c1-25(16-33-10-8-27-9-11-33)15-30-22-18(14-26)12-17(13-19(22)25)20-5-7-29-24(31-20)32-21-4-3-6-28-23(21)34-2/h3-7,12-13,27,30H,8-11,15-16H2,1-2H3,(H,29,31,32). The third-order valence-electron chi connectivity index (χ3n) is 6.51. The molecule has 0 amide bonds. The Bertz CT molecular complexity index is 1230. The van der Waals surface area contributed by atoms with Crippen molar-refractivity contribution in [1.82, 2.24) is 25.2 Å². The largest absolute Gasteiger partial charge is 0.480 e. The molecule has 0 radical (unpaired) electrons. The third-order valence-corrected chi connectivity index (χ3v) is 6.51. The van der Waals surface area contributed by atoms with Crippen molar-refractivity contribution in [2.75, 3.05) is 57.0 Å². The van der Waals surface area contributed by atoms with Gasteiger partial charge >= 0.3 is 0 Å². The average molecular weight is 457 g/mol. The maximum absolute atomic E-state index is 9.90. The third kappa shape index (κ3) is 4.25. The SMILES string of the molecule is COc1ncccc1Nc1nccc(-c2cc(C#N)c3c(c2)C(C)(CN2CCNCC2)CN3)n1. The molecule has 3 N–H and O–H groups in total. The minimum Gasteiger partial charge on any atom is -0.480 e. The molecule has 1 atom stereocenters. The minimum atomic E-state index is -0.0918. The van der Waals surface area contributed by atoms with Crippen molar-refractivity contribution in [3.05, 3.63) is 53.9 Å². The minimum absolute atomic E-state index is 0.0918. The summed E-state index contributed by atoms with van der Waals surface area (Å²) in [5.41, 5.74) is 4.98. The van der Waals surface area contributed by atoms with E-state index >= 15 is 0 Å². The Balaban J connectivity index is 1.48. The summed E-state index contributed by atoms with van der Waals surface area (Å²) in [4.78, 5) is 15.8. The first-order valence-corrected chi connectivity index (χ1v) is 11.4. The topological polar surface area (TPSA) is 111 Å². The van der Waals surface area contributed by atoms with Gasteiger partial charge in [-0.3, -0.25) is 4.90 Å². The van der Waals surface area contributed by atoms with Gasteiger partial charge in [-0.1, -0.05) is 6.92 Å². The number of nitriles is 1. The van der Waals surface area contributed by atoms with Crippen LogP contribution in [0.4, 0.5) is 17.3 Å². The van der Waals surface area contributed by atoms with Crippen LogP contribution in [0, 0.1) is 11.3 Å². The number of aromatic nitrogens is 3. The summed E-state index contributed by atoms with van der Waals surface area (Å²) >= 11 is 0. The summed E-state index contributed by atoms with van der Waals surface area (Å²) in [5, 5.41) is 20.0. The molecule has 0 saturated carbocycles. The molecule has 9 heteroatoms. The van der Waals surface area contributed by atoms with Crippen LogP contribution >= 0.6 is 0 Å². The van der Waals surface area contributed by atoms with Crippen molar-refractivity contribution in [3.63, 3.8) is 0 Å². The van der Waals surface area contributed by atoms with Crippen LogP contribution in [0.2, 0.25) is 0 Å². The monoisotopic (exact) mass is 456 g/mol. The highest BCUT2D eigenvalue weighted by Gasteiger charge is 2.38. The van der Waals surface area contributed by atoms with Gasteiger partial charge in [0.25, 0.3) is 0 Å². The molecule has 4 heterocycles. The van der Waals surface area contributed by atoms with Crippen molar-refractivity contribution in [3.8, 4) is 23.2 Å². The molecule has 0 spiro atoms. The molecular weight excluding hydrogens is 428 g/mol. The second kappa shape index (κ2) is 9.25. The first kappa shape index (κ1) is 22.1. The number of rotatable bonds is 6. The maximum atomic E-state index is 9.90. The van der Waals surface area contributed by atoms with E-state index in [4.69, 9.17) is 9.72 Å². The average Bonchev–Trinajstić information content (AvgIpc) is 3.20. The number of benzene rings is 1. The van der Waals surface area contributed by atoms with Gasteiger partial charge in [0.15, 0.2) is 0 Å². The molecule has 1 unspecified atom stereocenters. The number of anilines is 3. The number of hydrogen-bond donors (Lipinski definition) is 3. The summed E-state index contributed by atoms with van der Waals surface area (Å²) in [5.74, 6) is 0.903. The van der Waals surface area contributed by atoms with E-state index < -0.39 is 0 Å². The second-order valence-corrected chi connectivity index (χ2v) is 8.95. The van der Waals surface area contributed by atoms with E-state index in [0.717, 1.165) is 56.2 Å². The van der Waals surface area contributed by atoms with Gasteiger partial charge in [0, 0.05) is 62.6 Å². The van der Waals surface area contributed by atoms with E-state index in [1.807, 2.05) is 24.3 Å². The highest BCUT2D eigenvalue weighted by atomic mass is 16.5. The van der Waals surface area contributed by atoms with Gasteiger partial charge in [0.2, 0.25) is 11.8 Å². The molecule has 0 aliphatic carbocycles. The number of nitrogens with zero attached hydrogens (tertiary/aromatic N) is 5. The molecule has 1 fully saturated rings. The molecule has 5 rings (SSSR count). The molecule has 174 valence electrons. The summed E-state index contributed by atoms with van der Waals surface area (Å²) in [6.45, 7) is 8.13. The zero-order chi connectivity index (χ0) is 23.5. The molecular formula is C25H28N8O. The van der Waals surface area contributed by atoms with E-state index in [-0.39, 0.29) is 5.41 Å². The summed E-state index contributed by atoms with van der Waals surface area (Å²) < 4.78 is 5.32. The van der Waals surface area contributed by atoms with Crippen LogP contribution in [0.5, 0.6) is 5.88 Å². The van der Waals surface area contributed by atoms with Crippen molar-refractivity contribution in [2.24, 2.45) is 0 Å². The van der Waals surface area contributed by atoms with Crippen molar-refractivity contribution in [1.29, 1.82) is 5.26 Å². The number of nitrogens with one attached hydrogen (secondary N) is 3. The van der Waals surface area contributed by atoms with Crippen molar-refractivity contribution < 1.29 is 4.74 Å². The number of hydrogen-bond acceptors (Lipinski definition) is 9. The summed E-state index contributed by atoms with van der Waals surface area (Å²) in [6.07, 6.45) is 3.38. The van der Waals surface area contributed by atoms with Crippen LogP contribution in [-0.2, 0) is 5.41 Å². The first-order chi connectivity index (χ1) is 16.6. The van der Waals surface area contributed by atoms with Crippen LogP contribution < -0.4 is 20.7 Å². The number of piperazine rings is 1. The smallest absolute Gasteiger partial charge is 0.237 e. The van der Waals surface area contributed by atoms with Crippen molar-refractivity contribution in [2.45, 2.75) is 12.3 Å². The van der Waals surface area contributed by atoms with Gasteiger partial charge in [-0.25, -0.2) is 15.0 Å². The number of methoxy groups -OCH3 is 1. The van der Waals surface area contributed by atoms with Crippen molar-refractivity contribution >= 4 is 17.3 Å². The molecule has 2 aromatic heterocycles. The Morgan fingerprint density at radius 2 is 2.06 bits per heavy atom. The lowest BCUT2D eigenvalue weighted by molar-refractivity contribution is 0.200. The highest BCUT2D eigenvalue weighted by Crippen LogP contribution is 2.42. The first-order valence-electron chi connectivity index (χ1n) is 11.4. The lowest BCUT2D eigenvalue weighted by atomic mass is 9.82. The van der Waals surface area contributed by atoms with Gasteiger partial charge in [0.1, 0.15) is 11.8 Å². The van der Waals surface area contributed by atoms with Crippen LogP contribution in [0.3, 0.4) is 0 Å². The van der Waals surface area contributed by atoms with E-state index in [1.54, 1.807) is 19.5 Å². The Hall–Kier alpha value is -3.74. The molecule has 2 aliphatic heterocycles. The summed E-state index contributed by atoms with van der Waals surface area (Å²) in [6, 6.07) is 12.0. The zero-order valence-electron chi connectivity index (χ0n) is 19.4. The molecule has 9 nitrogen and oxygen atoms in total. The zero-order valence-corrected chi connectivity index (χ0v) is 19.4. The predicted octanol–water partition coefficient (Wildman–Crippen LogP) is 2.75. The van der Waals surface area contributed by atoms with E-state index in [9.17, 15) is 5.26 Å². The Morgan fingerprint density at radius 3 is 2.85 bits per heavy atom. The highest BCUT2D eigenvalue weighted by molar-refractivity contribution is 5.76. The van der Waals surface area contributed by atoms with Gasteiger partial charge < -0.3 is 20.7 Å². The predicted molar refractivity (Wildman–Crippen MR) is 131 cm³/mol. The van der Waals surface area contributed by atoms with E-state index in [1.165, 1.54) is 5.56 Å². The molecule has 1 saturated heterocycles. The van der Waals surface area contributed by atoms with Crippen LogP contribution in [0.15, 0.2) is 42.7 Å². The normalized spacial score (nSPS) is 19.7. The number of ether oxygens (including phenoxy) is 1. The second-order valence-electron chi connectivity index (χ2n) is 8.95. The van der Waals surface area contributed by atoms with Crippen LogP contribution in [0.25, 0.3) is 11.3 Å². The number of pyridine rings is 1. The Labute approximate surface area is 199 Å². The Morgan fingerprint density at radius 1 is 1.21 bits per heavy atom. The molecule has 1 aromatic carbocycles. The molecule has 34 heavy (non-hydrogen) atoms. The quantitative estimate of drug-likeness (QED) is 0.515. The fourth-order valence-corrected chi connectivity index (χ4v) is 4.78. The number of fused-ring (bicyclic) bond motifs is 1. The van der Waals surface area contributed by atoms with E-state index in [2.05, 4.69) is 49.9 Å². The molecule has 0 bridgehead atoms. The molecule has 2 aliphatic rings. The van der Waals surface area contributed by atoms with Crippen LogP contribution in [0.1, 0.15) is 18.1 Å². The van der Waals surface area contributed by atoms with Gasteiger partial charge in [-0.05, 0) is 35.9 Å². The Kier molecular flexibility index (Phi) is 6.01. The van der Waals surface area contributed by atoms with E-state index in [0.29, 0.717) is 23.1 Å². The molecule has 3 aromatic rings. The summed E-state index contributed by atoms with van der Waals surface area (Å²) in [7, 11) is 1.57. The lowest BCUT2D eigenvalue weighted by Gasteiger charge is -2.35. The van der Waals surface area contributed by atoms with Gasteiger partial charge in [0.05, 0.1) is 24.1 Å². The fourth-order valence-electron chi connectivity index (χ4n) is 4.78.